The molecule has 0 saturated carbocycles. The largest absolute Gasteiger partial charge is 0.469 e. The van der Waals surface area contributed by atoms with Crippen molar-refractivity contribution in [2.45, 2.75) is 45.0 Å². The summed E-state index contributed by atoms with van der Waals surface area (Å²) < 4.78 is 80.5. The summed E-state index contributed by atoms with van der Waals surface area (Å²) in [6.07, 6.45) is -14.6. The van der Waals surface area contributed by atoms with Crippen molar-refractivity contribution in [1.29, 1.82) is 0 Å². The number of methoxy groups -OCH3 is 1. The SMILES string of the molecule is CCCC(CCC(=O)OC)(C(F)(F)F)C(F)(F)F. The number of carbonyl (C=O) groups excluding carboxylic acids is 1. The molecule has 0 heterocycles. The molecule has 0 atom stereocenters. The molecule has 0 bridgehead atoms. The van der Waals surface area contributed by atoms with Crippen LogP contribution in [0.4, 0.5) is 26.3 Å². The Bertz CT molecular complexity index is 267. The van der Waals surface area contributed by atoms with Gasteiger partial charge >= 0.3 is 18.3 Å². The molecule has 0 fully saturated rings. The van der Waals surface area contributed by atoms with Crippen LogP contribution >= 0.6 is 0 Å². The van der Waals surface area contributed by atoms with Gasteiger partial charge in [0.05, 0.1) is 7.11 Å². The Kier molecular flexibility index (Phi) is 5.49. The molecule has 0 spiro atoms. The molecule has 8 heteroatoms. The first-order chi connectivity index (χ1) is 8.02. The van der Waals surface area contributed by atoms with Crippen molar-refractivity contribution in [3.63, 3.8) is 0 Å². The van der Waals surface area contributed by atoms with E-state index in [1.807, 2.05) is 0 Å². The molecular weight excluding hydrogens is 266 g/mol. The highest BCUT2D eigenvalue weighted by atomic mass is 19.4. The van der Waals surface area contributed by atoms with Crippen molar-refractivity contribution in [2.75, 3.05) is 7.11 Å². The minimum absolute atomic E-state index is 0.291. The zero-order valence-corrected chi connectivity index (χ0v) is 9.91. The van der Waals surface area contributed by atoms with E-state index in [1.165, 1.54) is 6.92 Å². The summed E-state index contributed by atoms with van der Waals surface area (Å²) in [6.45, 7) is 1.23. The minimum Gasteiger partial charge on any atom is -0.469 e. The third kappa shape index (κ3) is 3.52. The first-order valence-electron chi connectivity index (χ1n) is 5.22. The van der Waals surface area contributed by atoms with E-state index in [0.717, 1.165) is 7.11 Å². The number of esters is 1. The lowest BCUT2D eigenvalue weighted by Crippen LogP contribution is -2.50. The summed E-state index contributed by atoms with van der Waals surface area (Å²) >= 11 is 0. The quantitative estimate of drug-likeness (QED) is 0.565. The molecule has 0 amide bonds. The Morgan fingerprint density at radius 2 is 1.44 bits per heavy atom. The van der Waals surface area contributed by atoms with E-state index in [0.29, 0.717) is 0 Å². The molecule has 0 saturated heterocycles. The van der Waals surface area contributed by atoms with E-state index in [9.17, 15) is 31.1 Å². The highest BCUT2D eigenvalue weighted by molar-refractivity contribution is 5.69. The van der Waals surface area contributed by atoms with E-state index < -0.39 is 43.0 Å². The Labute approximate surface area is 100 Å². The van der Waals surface area contributed by atoms with Gasteiger partial charge in [-0.1, -0.05) is 13.3 Å². The highest BCUT2D eigenvalue weighted by Crippen LogP contribution is 2.56. The third-order valence-electron chi connectivity index (χ3n) is 2.75. The molecule has 2 nitrogen and oxygen atoms in total. The van der Waals surface area contributed by atoms with Crippen LogP contribution in [0.5, 0.6) is 0 Å². The van der Waals surface area contributed by atoms with Crippen molar-refractivity contribution in [1.82, 2.24) is 0 Å². The summed E-state index contributed by atoms with van der Waals surface area (Å²) in [7, 11) is 0.908. The standard InChI is InChI=1S/C10H14F6O2/c1-3-5-8(9(11,12)13,10(14,15)16)6-4-7(17)18-2/h3-6H2,1-2H3. The van der Waals surface area contributed by atoms with E-state index in [-0.39, 0.29) is 6.42 Å². The number of rotatable bonds is 5. The first-order valence-corrected chi connectivity index (χ1v) is 5.22. The number of carbonyl (C=O) groups is 1. The van der Waals surface area contributed by atoms with Crippen LogP contribution in [0.25, 0.3) is 0 Å². The summed E-state index contributed by atoms with van der Waals surface area (Å²) in [4.78, 5) is 10.8. The van der Waals surface area contributed by atoms with Crippen LogP contribution in [0.3, 0.4) is 0 Å². The minimum atomic E-state index is -5.45. The zero-order chi connectivity index (χ0) is 14.6. The Morgan fingerprint density at radius 1 is 1.00 bits per heavy atom. The van der Waals surface area contributed by atoms with Crippen LogP contribution in [-0.2, 0) is 9.53 Å². The molecule has 0 aromatic rings. The fourth-order valence-corrected chi connectivity index (χ4v) is 1.70. The monoisotopic (exact) mass is 280 g/mol. The summed E-state index contributed by atoms with van der Waals surface area (Å²) in [6, 6.07) is 0. The topological polar surface area (TPSA) is 26.3 Å². The molecule has 0 aliphatic heterocycles. The van der Waals surface area contributed by atoms with E-state index >= 15 is 0 Å². The molecule has 108 valence electrons. The van der Waals surface area contributed by atoms with Gasteiger partial charge in [0.2, 0.25) is 0 Å². The molecule has 0 N–H and O–H groups in total. The zero-order valence-electron chi connectivity index (χ0n) is 9.91. The molecular formula is C10H14F6O2. The lowest BCUT2D eigenvalue weighted by Gasteiger charge is -2.37. The number of halogens is 6. The van der Waals surface area contributed by atoms with Gasteiger partial charge in [-0.3, -0.25) is 4.79 Å². The fourth-order valence-electron chi connectivity index (χ4n) is 1.70. The Balaban J connectivity index is 5.29. The number of hydrogen-bond donors (Lipinski definition) is 0. The lowest BCUT2D eigenvalue weighted by atomic mass is 9.77. The number of alkyl halides is 6. The van der Waals surface area contributed by atoms with Gasteiger partial charge in [0.15, 0.2) is 5.41 Å². The second kappa shape index (κ2) is 5.79. The summed E-state index contributed by atoms with van der Waals surface area (Å²) in [5.74, 6) is -1.09. The van der Waals surface area contributed by atoms with Crippen LogP contribution in [0.1, 0.15) is 32.6 Å². The van der Waals surface area contributed by atoms with E-state index in [2.05, 4.69) is 4.74 Å². The smallest absolute Gasteiger partial charge is 0.403 e. The van der Waals surface area contributed by atoms with Gasteiger partial charge in [0.25, 0.3) is 0 Å². The first kappa shape index (κ1) is 17.1. The molecule has 0 aliphatic rings. The molecule has 0 aromatic heterocycles. The molecule has 0 rings (SSSR count). The van der Waals surface area contributed by atoms with Crippen LogP contribution in [0.2, 0.25) is 0 Å². The Hall–Kier alpha value is -0.950. The van der Waals surface area contributed by atoms with Crippen LogP contribution in [0.15, 0.2) is 0 Å². The van der Waals surface area contributed by atoms with Gasteiger partial charge in [0.1, 0.15) is 0 Å². The number of hydrogen-bond acceptors (Lipinski definition) is 2. The second-order valence-electron chi connectivity index (χ2n) is 3.90. The second-order valence-corrected chi connectivity index (χ2v) is 3.90. The maximum Gasteiger partial charge on any atom is 0.403 e. The van der Waals surface area contributed by atoms with Crippen molar-refractivity contribution >= 4 is 5.97 Å². The summed E-state index contributed by atoms with van der Waals surface area (Å²) in [5, 5.41) is 0. The molecule has 0 unspecified atom stereocenters. The van der Waals surface area contributed by atoms with Gasteiger partial charge in [-0.05, 0) is 12.8 Å². The summed E-state index contributed by atoms with van der Waals surface area (Å²) in [5.41, 5.74) is -3.84. The third-order valence-corrected chi connectivity index (χ3v) is 2.75. The van der Waals surface area contributed by atoms with Crippen molar-refractivity contribution in [3.05, 3.63) is 0 Å². The number of ether oxygens (including phenoxy) is 1. The van der Waals surface area contributed by atoms with Crippen LogP contribution < -0.4 is 0 Å². The average Bonchev–Trinajstić information content (AvgIpc) is 2.19. The fraction of sp³-hybridized carbons (Fsp3) is 0.900. The van der Waals surface area contributed by atoms with Crippen molar-refractivity contribution in [3.8, 4) is 0 Å². The maximum absolute atomic E-state index is 12.7. The van der Waals surface area contributed by atoms with Crippen molar-refractivity contribution < 1.29 is 35.9 Å². The molecule has 18 heavy (non-hydrogen) atoms. The van der Waals surface area contributed by atoms with E-state index in [4.69, 9.17) is 0 Å². The van der Waals surface area contributed by atoms with Gasteiger partial charge in [-0.25, -0.2) is 0 Å². The maximum atomic E-state index is 12.7. The molecule has 0 aromatic carbocycles. The van der Waals surface area contributed by atoms with Crippen molar-refractivity contribution in [2.24, 2.45) is 5.41 Å². The van der Waals surface area contributed by atoms with E-state index in [1.54, 1.807) is 0 Å². The Morgan fingerprint density at radius 3 is 1.72 bits per heavy atom. The van der Waals surface area contributed by atoms with Crippen LogP contribution in [-0.4, -0.2) is 25.4 Å². The van der Waals surface area contributed by atoms with Gasteiger partial charge in [-0.15, -0.1) is 0 Å². The predicted octanol–water partition coefficient (Wildman–Crippen LogP) is 3.85. The normalized spacial score (nSPS) is 13.6. The van der Waals surface area contributed by atoms with Crippen LogP contribution in [0, 0.1) is 5.41 Å². The highest BCUT2D eigenvalue weighted by Gasteiger charge is 2.69. The van der Waals surface area contributed by atoms with Gasteiger partial charge in [0, 0.05) is 6.42 Å². The van der Waals surface area contributed by atoms with Gasteiger partial charge in [-0.2, -0.15) is 26.3 Å². The van der Waals surface area contributed by atoms with Gasteiger partial charge < -0.3 is 4.74 Å². The molecule has 0 aliphatic carbocycles. The lowest BCUT2D eigenvalue weighted by molar-refractivity contribution is -0.345. The average molecular weight is 280 g/mol. The molecule has 0 radical (unpaired) electrons. The predicted molar refractivity (Wildman–Crippen MR) is 50.7 cm³/mol.